The van der Waals surface area contributed by atoms with Crippen molar-refractivity contribution in [3.8, 4) is 0 Å². The summed E-state index contributed by atoms with van der Waals surface area (Å²) in [4.78, 5) is 25.9. The van der Waals surface area contributed by atoms with Gasteiger partial charge in [0.25, 0.3) is 0 Å². The first-order valence-electron chi connectivity index (χ1n) is 9.65. The van der Waals surface area contributed by atoms with Crippen molar-refractivity contribution in [2.75, 3.05) is 26.3 Å². The van der Waals surface area contributed by atoms with Gasteiger partial charge in [-0.25, -0.2) is 19.0 Å². The summed E-state index contributed by atoms with van der Waals surface area (Å²) >= 11 is 0. The molecule has 5 rings (SSSR count). The molecule has 2 fully saturated rings. The largest absolute Gasteiger partial charge is 0.371 e. The number of rotatable bonds is 4. The Morgan fingerprint density at radius 1 is 1.24 bits per heavy atom. The lowest BCUT2D eigenvalue weighted by molar-refractivity contribution is -0.131. The zero-order valence-corrected chi connectivity index (χ0v) is 15.7. The number of aromatic amines is 1. The lowest BCUT2D eigenvalue weighted by Crippen LogP contribution is -2.31. The third-order valence-electron chi connectivity index (χ3n) is 5.45. The summed E-state index contributed by atoms with van der Waals surface area (Å²) in [6.45, 7) is 1.97. The van der Waals surface area contributed by atoms with Gasteiger partial charge in [-0.05, 0) is 18.2 Å². The Hall–Kier alpha value is -2.85. The molecule has 2 aliphatic heterocycles. The number of carbonyl (C=O) groups excluding carboxylic acids is 1. The smallest absolute Gasteiger partial charge is 0.223 e. The van der Waals surface area contributed by atoms with E-state index in [-0.39, 0.29) is 30.0 Å². The number of hydrogen-bond donors (Lipinski definition) is 1. The second-order valence-corrected chi connectivity index (χ2v) is 7.42. The molecule has 2 atom stereocenters. The van der Waals surface area contributed by atoms with Crippen LogP contribution in [0.15, 0.2) is 30.9 Å². The van der Waals surface area contributed by atoms with Gasteiger partial charge in [-0.15, -0.1) is 0 Å². The number of aromatic nitrogens is 5. The Bertz CT molecular complexity index is 991. The van der Waals surface area contributed by atoms with Crippen LogP contribution in [-0.4, -0.2) is 74.1 Å². The van der Waals surface area contributed by atoms with Crippen LogP contribution in [0.5, 0.6) is 0 Å². The molecule has 2 aromatic heterocycles. The van der Waals surface area contributed by atoms with Gasteiger partial charge in [0, 0.05) is 25.9 Å². The average molecular weight is 400 g/mol. The van der Waals surface area contributed by atoms with E-state index in [0.29, 0.717) is 56.0 Å². The second-order valence-electron chi connectivity index (χ2n) is 7.42. The zero-order valence-electron chi connectivity index (χ0n) is 15.7. The number of likely N-dealkylation sites (tertiary alicyclic amines) is 1. The fourth-order valence-electron chi connectivity index (χ4n) is 3.88. The molecular weight excluding hydrogens is 379 g/mol. The first kappa shape index (κ1) is 18.2. The third-order valence-corrected chi connectivity index (χ3v) is 5.45. The fraction of sp³-hybridized carbons (Fsp3) is 0.474. The van der Waals surface area contributed by atoms with Crippen LogP contribution in [-0.2, 0) is 20.7 Å². The summed E-state index contributed by atoms with van der Waals surface area (Å²) in [5.74, 6) is 0.394. The highest BCUT2D eigenvalue weighted by atomic mass is 19.1. The summed E-state index contributed by atoms with van der Waals surface area (Å²) in [5.41, 5.74) is 1.33. The molecule has 152 valence electrons. The summed E-state index contributed by atoms with van der Waals surface area (Å²) in [6, 6.07) is 4.40. The Kier molecular flexibility index (Phi) is 4.72. The monoisotopic (exact) mass is 400 g/mol. The topological polar surface area (TPSA) is 98.2 Å². The van der Waals surface area contributed by atoms with Crippen LogP contribution in [0.1, 0.15) is 18.3 Å². The molecule has 9 nitrogen and oxygen atoms in total. The number of benzene rings is 1. The number of halogens is 1. The Labute approximate surface area is 165 Å². The highest BCUT2D eigenvalue weighted by Gasteiger charge is 2.39. The van der Waals surface area contributed by atoms with Crippen molar-refractivity contribution in [1.82, 2.24) is 29.6 Å². The number of nitrogens with zero attached hydrogens (tertiary/aromatic N) is 5. The molecule has 0 aliphatic carbocycles. The van der Waals surface area contributed by atoms with Crippen molar-refractivity contribution in [2.24, 2.45) is 0 Å². The lowest BCUT2D eigenvalue weighted by atomic mass is 10.2. The molecule has 1 aromatic carbocycles. The molecule has 0 bridgehead atoms. The summed E-state index contributed by atoms with van der Waals surface area (Å²) < 4.78 is 27.0. The van der Waals surface area contributed by atoms with E-state index >= 15 is 0 Å². The van der Waals surface area contributed by atoms with Crippen molar-refractivity contribution in [2.45, 2.75) is 31.1 Å². The number of fused-ring (bicyclic) bond motifs is 2. The predicted molar refractivity (Wildman–Crippen MR) is 99.5 cm³/mol. The van der Waals surface area contributed by atoms with E-state index < -0.39 is 0 Å². The van der Waals surface area contributed by atoms with Gasteiger partial charge < -0.3 is 19.4 Å². The molecule has 1 N–H and O–H groups in total. The van der Waals surface area contributed by atoms with Gasteiger partial charge in [0.05, 0.1) is 24.2 Å². The zero-order chi connectivity index (χ0) is 19.8. The average Bonchev–Trinajstić information content (AvgIpc) is 3.44. The van der Waals surface area contributed by atoms with Crippen molar-refractivity contribution in [3.63, 3.8) is 0 Å². The van der Waals surface area contributed by atoms with Crippen molar-refractivity contribution in [3.05, 3.63) is 42.5 Å². The van der Waals surface area contributed by atoms with Crippen LogP contribution in [0.4, 0.5) is 4.39 Å². The first-order valence-corrected chi connectivity index (χ1v) is 9.65. The van der Waals surface area contributed by atoms with E-state index in [2.05, 4.69) is 20.1 Å². The SMILES string of the molecule is O=C(CCc1nc2ccc(F)cc2[nH]1)N1C[C@@H]2OCC(n3cncn3)CO[C@H]2C1. The molecule has 4 heterocycles. The molecule has 29 heavy (non-hydrogen) atoms. The number of hydrogen-bond acceptors (Lipinski definition) is 6. The third kappa shape index (κ3) is 3.73. The molecule has 2 aliphatic rings. The van der Waals surface area contributed by atoms with Crippen LogP contribution in [0.2, 0.25) is 0 Å². The molecule has 0 unspecified atom stereocenters. The molecule has 2 saturated heterocycles. The van der Waals surface area contributed by atoms with E-state index in [9.17, 15) is 9.18 Å². The summed E-state index contributed by atoms with van der Waals surface area (Å²) in [7, 11) is 0. The predicted octanol–water partition coefficient (Wildman–Crippen LogP) is 1.09. The summed E-state index contributed by atoms with van der Waals surface area (Å²) in [5, 5.41) is 4.14. The van der Waals surface area contributed by atoms with Crippen molar-refractivity contribution < 1.29 is 18.7 Å². The van der Waals surface area contributed by atoms with Crippen LogP contribution in [0.25, 0.3) is 11.0 Å². The maximum absolute atomic E-state index is 13.3. The van der Waals surface area contributed by atoms with Crippen molar-refractivity contribution in [1.29, 1.82) is 0 Å². The van der Waals surface area contributed by atoms with E-state index in [4.69, 9.17) is 9.47 Å². The highest BCUT2D eigenvalue weighted by molar-refractivity contribution is 5.77. The number of amides is 1. The van der Waals surface area contributed by atoms with Crippen LogP contribution in [0.3, 0.4) is 0 Å². The van der Waals surface area contributed by atoms with Gasteiger partial charge in [-0.1, -0.05) is 0 Å². The molecule has 10 heteroatoms. The van der Waals surface area contributed by atoms with E-state index in [1.807, 2.05) is 0 Å². The maximum Gasteiger partial charge on any atom is 0.223 e. The van der Waals surface area contributed by atoms with Crippen LogP contribution >= 0.6 is 0 Å². The quantitative estimate of drug-likeness (QED) is 0.704. The molecule has 0 saturated carbocycles. The number of H-pyrrole nitrogens is 1. The highest BCUT2D eigenvalue weighted by Crippen LogP contribution is 2.24. The van der Waals surface area contributed by atoms with Gasteiger partial charge in [-0.3, -0.25) is 4.79 Å². The number of nitrogens with one attached hydrogen (secondary N) is 1. The van der Waals surface area contributed by atoms with Gasteiger partial charge in [0.2, 0.25) is 5.91 Å². The number of ether oxygens (including phenoxy) is 2. The van der Waals surface area contributed by atoms with E-state index in [0.717, 1.165) is 0 Å². The van der Waals surface area contributed by atoms with Crippen LogP contribution in [0, 0.1) is 5.82 Å². The number of imidazole rings is 1. The molecule has 0 radical (unpaired) electrons. The van der Waals surface area contributed by atoms with Crippen LogP contribution < -0.4 is 0 Å². The summed E-state index contributed by atoms with van der Waals surface area (Å²) in [6.07, 6.45) is 3.66. The molecule has 1 amide bonds. The first-order chi connectivity index (χ1) is 14.2. The maximum atomic E-state index is 13.3. The lowest BCUT2D eigenvalue weighted by Gasteiger charge is -2.18. The Morgan fingerprint density at radius 3 is 2.76 bits per heavy atom. The Balaban J connectivity index is 1.16. The van der Waals surface area contributed by atoms with Gasteiger partial charge in [0.15, 0.2) is 0 Å². The molecular formula is C19H21FN6O3. The molecule has 3 aromatic rings. The van der Waals surface area contributed by atoms with Gasteiger partial charge >= 0.3 is 0 Å². The standard InChI is InChI=1S/C19H21FN6O3/c20-12-1-2-14-15(5-12)24-18(23-14)3-4-19(27)25-6-16-17(7-25)29-9-13(8-28-16)26-11-21-10-22-26/h1-2,5,10-11,13,16-17H,3-4,6-9H2,(H,23,24)/t16-,17-/m0/s1. The number of carbonyl (C=O) groups is 1. The minimum Gasteiger partial charge on any atom is -0.371 e. The Morgan fingerprint density at radius 2 is 2.03 bits per heavy atom. The fourth-order valence-corrected chi connectivity index (χ4v) is 3.88. The minimum absolute atomic E-state index is 0.00910. The van der Waals surface area contributed by atoms with Crippen molar-refractivity contribution >= 4 is 16.9 Å². The van der Waals surface area contributed by atoms with E-state index in [1.54, 1.807) is 22.0 Å². The normalized spacial score (nSPS) is 22.7. The second kappa shape index (κ2) is 7.53. The molecule has 0 spiro atoms. The van der Waals surface area contributed by atoms with Gasteiger partial charge in [-0.2, -0.15) is 5.10 Å². The minimum atomic E-state index is -0.314. The number of aryl methyl sites for hydroxylation is 1. The van der Waals surface area contributed by atoms with E-state index in [1.165, 1.54) is 18.5 Å². The van der Waals surface area contributed by atoms with Gasteiger partial charge in [0.1, 0.15) is 42.5 Å².